The first-order chi connectivity index (χ1) is 13.0. The first-order valence-corrected chi connectivity index (χ1v) is 8.48. The van der Waals surface area contributed by atoms with Gasteiger partial charge in [-0.25, -0.2) is 5.01 Å². The lowest BCUT2D eigenvalue weighted by Crippen LogP contribution is -2.24. The predicted octanol–water partition coefficient (Wildman–Crippen LogP) is 3.52. The molecular weight excluding hydrogens is 344 g/mol. The van der Waals surface area contributed by atoms with Crippen LogP contribution in [0.25, 0.3) is 0 Å². The van der Waals surface area contributed by atoms with Crippen LogP contribution in [0.1, 0.15) is 36.1 Å². The third-order valence-corrected chi connectivity index (χ3v) is 4.47. The number of nitrogens with zero attached hydrogens (tertiary/aromatic N) is 2. The van der Waals surface area contributed by atoms with Gasteiger partial charge in [-0.3, -0.25) is 4.79 Å². The third kappa shape index (κ3) is 4.34. The van der Waals surface area contributed by atoms with Crippen LogP contribution < -0.4 is 9.47 Å². The van der Waals surface area contributed by atoms with Crippen LogP contribution >= 0.6 is 0 Å². The summed E-state index contributed by atoms with van der Waals surface area (Å²) in [6.45, 7) is 5.54. The molecule has 0 aliphatic carbocycles. The molecular formula is C21H24N2O4. The quantitative estimate of drug-likeness (QED) is 0.828. The summed E-state index contributed by atoms with van der Waals surface area (Å²) in [6, 6.07) is 13.7. The van der Waals surface area contributed by atoms with Crippen molar-refractivity contribution in [2.45, 2.75) is 26.3 Å². The molecule has 1 atom stereocenters. The van der Waals surface area contributed by atoms with E-state index in [1.165, 1.54) is 0 Å². The number of amides is 1. The van der Waals surface area contributed by atoms with Gasteiger partial charge in [-0.2, -0.15) is 5.10 Å². The van der Waals surface area contributed by atoms with Gasteiger partial charge >= 0.3 is 0 Å². The average Bonchev–Trinajstić information content (AvgIpc) is 3.16. The van der Waals surface area contributed by atoms with Gasteiger partial charge in [-0.15, -0.1) is 0 Å². The molecule has 1 aliphatic rings. The van der Waals surface area contributed by atoms with E-state index in [-0.39, 0.29) is 11.9 Å². The maximum atomic E-state index is 12.1. The molecule has 27 heavy (non-hydrogen) atoms. The minimum Gasteiger partial charge on any atom is -0.497 e. The SMILES string of the molecule is C=O.COc1ccc(C2CC(c3ccc(C)c(OC)c3)=NN2C(C)=O)cc1. The monoisotopic (exact) mass is 368 g/mol. The number of hydrogen-bond acceptors (Lipinski definition) is 5. The van der Waals surface area contributed by atoms with Gasteiger partial charge < -0.3 is 14.3 Å². The van der Waals surface area contributed by atoms with Crippen LogP contribution in [-0.2, 0) is 9.59 Å². The molecule has 0 bridgehead atoms. The van der Waals surface area contributed by atoms with Crippen molar-refractivity contribution in [1.82, 2.24) is 5.01 Å². The van der Waals surface area contributed by atoms with Crippen molar-refractivity contribution in [1.29, 1.82) is 0 Å². The molecule has 0 saturated carbocycles. The summed E-state index contributed by atoms with van der Waals surface area (Å²) < 4.78 is 10.6. The molecule has 0 aromatic heterocycles. The zero-order chi connectivity index (χ0) is 20.0. The summed E-state index contributed by atoms with van der Waals surface area (Å²) in [5.41, 5.74) is 3.97. The summed E-state index contributed by atoms with van der Waals surface area (Å²) in [6.07, 6.45) is 0.665. The molecule has 3 rings (SSSR count). The Bertz CT molecular complexity index is 831. The van der Waals surface area contributed by atoms with E-state index in [0.29, 0.717) is 6.42 Å². The molecule has 0 fully saturated rings. The fourth-order valence-electron chi connectivity index (χ4n) is 3.06. The van der Waals surface area contributed by atoms with E-state index in [2.05, 4.69) is 5.10 Å². The van der Waals surface area contributed by atoms with Crippen molar-refractivity contribution in [2.75, 3.05) is 14.2 Å². The number of hydrogen-bond donors (Lipinski definition) is 0. The van der Waals surface area contributed by atoms with Crippen molar-refractivity contribution < 1.29 is 19.1 Å². The second-order valence-corrected chi connectivity index (χ2v) is 6.09. The lowest BCUT2D eigenvalue weighted by Gasteiger charge is -2.20. The first-order valence-electron chi connectivity index (χ1n) is 8.48. The maximum Gasteiger partial charge on any atom is 0.240 e. The Balaban J connectivity index is 0.00000126. The van der Waals surface area contributed by atoms with E-state index in [0.717, 1.165) is 33.9 Å². The number of benzene rings is 2. The van der Waals surface area contributed by atoms with Crippen molar-refractivity contribution in [3.05, 3.63) is 59.2 Å². The van der Waals surface area contributed by atoms with Gasteiger partial charge in [-0.05, 0) is 36.2 Å². The van der Waals surface area contributed by atoms with E-state index in [9.17, 15) is 4.79 Å². The number of carbonyl (C=O) groups excluding carboxylic acids is 2. The highest BCUT2D eigenvalue weighted by atomic mass is 16.5. The minimum atomic E-state index is -0.106. The van der Waals surface area contributed by atoms with E-state index in [4.69, 9.17) is 14.3 Å². The molecule has 1 aliphatic heterocycles. The molecule has 0 saturated heterocycles. The fraction of sp³-hybridized carbons (Fsp3) is 0.286. The number of methoxy groups -OCH3 is 2. The zero-order valence-electron chi connectivity index (χ0n) is 16.1. The number of hydrazone groups is 1. The highest BCUT2D eigenvalue weighted by Gasteiger charge is 2.31. The highest BCUT2D eigenvalue weighted by molar-refractivity contribution is 6.03. The van der Waals surface area contributed by atoms with Crippen LogP contribution in [0.2, 0.25) is 0 Å². The Kier molecular flexibility index (Phi) is 6.71. The van der Waals surface area contributed by atoms with Crippen LogP contribution in [0.5, 0.6) is 11.5 Å². The molecule has 6 nitrogen and oxygen atoms in total. The maximum absolute atomic E-state index is 12.1. The minimum absolute atomic E-state index is 0.0742. The lowest BCUT2D eigenvalue weighted by atomic mass is 9.97. The Labute approximate surface area is 159 Å². The molecule has 2 aromatic rings. The van der Waals surface area contributed by atoms with Gasteiger partial charge in [0, 0.05) is 18.9 Å². The lowest BCUT2D eigenvalue weighted by molar-refractivity contribution is -0.130. The standard InChI is InChI=1S/C20H22N2O3.CH2O/c1-13-5-6-16(11-20(13)25-4)18-12-19(22(21-18)14(2)23)15-7-9-17(24-3)10-8-15;1-2/h5-11,19H,12H2,1-4H3;1H2. The summed E-state index contributed by atoms with van der Waals surface area (Å²) >= 11 is 0. The number of aryl methyl sites for hydroxylation is 1. The second-order valence-electron chi connectivity index (χ2n) is 6.09. The van der Waals surface area contributed by atoms with Gasteiger partial charge in [0.05, 0.1) is 26.0 Å². The van der Waals surface area contributed by atoms with Crippen LogP contribution in [0, 0.1) is 6.92 Å². The molecule has 2 aromatic carbocycles. The molecule has 1 heterocycles. The van der Waals surface area contributed by atoms with Crippen LogP contribution in [0.3, 0.4) is 0 Å². The molecule has 1 amide bonds. The number of rotatable bonds is 4. The van der Waals surface area contributed by atoms with Gasteiger partial charge in [0.25, 0.3) is 0 Å². The molecule has 142 valence electrons. The average molecular weight is 368 g/mol. The Morgan fingerprint density at radius 3 is 2.33 bits per heavy atom. The molecule has 1 unspecified atom stereocenters. The molecule has 0 spiro atoms. The van der Waals surface area contributed by atoms with E-state index >= 15 is 0 Å². The van der Waals surface area contributed by atoms with Gasteiger partial charge in [0.1, 0.15) is 18.3 Å². The highest BCUT2D eigenvalue weighted by Crippen LogP contribution is 2.34. The smallest absolute Gasteiger partial charge is 0.240 e. The van der Waals surface area contributed by atoms with Gasteiger partial charge in [-0.1, -0.05) is 24.3 Å². The van der Waals surface area contributed by atoms with Crippen molar-refractivity contribution >= 4 is 18.4 Å². The zero-order valence-corrected chi connectivity index (χ0v) is 16.1. The second kappa shape index (κ2) is 8.98. The Morgan fingerprint density at radius 2 is 1.78 bits per heavy atom. The predicted molar refractivity (Wildman–Crippen MR) is 104 cm³/mol. The summed E-state index contributed by atoms with van der Waals surface area (Å²) in [4.78, 5) is 20.1. The molecule has 0 N–H and O–H groups in total. The van der Waals surface area contributed by atoms with Crippen LogP contribution in [0.15, 0.2) is 47.6 Å². The topological polar surface area (TPSA) is 68.2 Å². The van der Waals surface area contributed by atoms with E-state index < -0.39 is 0 Å². The molecule has 6 heteroatoms. The Morgan fingerprint density at radius 1 is 1.11 bits per heavy atom. The van der Waals surface area contributed by atoms with Crippen LogP contribution in [0.4, 0.5) is 0 Å². The summed E-state index contributed by atoms with van der Waals surface area (Å²) in [7, 11) is 3.29. The van der Waals surface area contributed by atoms with Gasteiger partial charge in [0.15, 0.2) is 0 Å². The van der Waals surface area contributed by atoms with E-state index in [1.807, 2.05) is 56.2 Å². The fourth-order valence-corrected chi connectivity index (χ4v) is 3.06. The van der Waals surface area contributed by atoms with Crippen molar-refractivity contribution in [3.63, 3.8) is 0 Å². The number of carbonyl (C=O) groups is 2. The van der Waals surface area contributed by atoms with Crippen molar-refractivity contribution in [2.24, 2.45) is 5.10 Å². The largest absolute Gasteiger partial charge is 0.497 e. The van der Waals surface area contributed by atoms with Crippen LogP contribution in [-0.4, -0.2) is 37.6 Å². The van der Waals surface area contributed by atoms with Gasteiger partial charge in [0.2, 0.25) is 5.91 Å². The Hall–Kier alpha value is -3.15. The first kappa shape index (κ1) is 20.2. The van der Waals surface area contributed by atoms with Crippen molar-refractivity contribution in [3.8, 4) is 11.5 Å². The molecule has 0 radical (unpaired) electrons. The van der Waals surface area contributed by atoms with E-state index in [1.54, 1.807) is 26.2 Å². The normalized spacial score (nSPS) is 15.5. The summed E-state index contributed by atoms with van der Waals surface area (Å²) in [5, 5.41) is 6.14. The number of ether oxygens (including phenoxy) is 2. The summed E-state index contributed by atoms with van der Waals surface area (Å²) in [5.74, 6) is 1.54. The third-order valence-electron chi connectivity index (χ3n) is 4.47.